The maximum Gasteiger partial charge on any atom is 0.240 e. The minimum atomic E-state index is -3.43. The number of likely N-dealkylation sites (N-methyl/N-ethyl adjacent to an activating group) is 1. The lowest BCUT2D eigenvalue weighted by Gasteiger charge is -2.24. The first-order valence-corrected chi connectivity index (χ1v) is 8.49. The van der Waals surface area contributed by atoms with Gasteiger partial charge < -0.3 is 4.90 Å². The largest absolute Gasteiger partial charge is 0.305 e. The summed E-state index contributed by atoms with van der Waals surface area (Å²) >= 11 is 0. The van der Waals surface area contributed by atoms with Crippen LogP contribution in [0.15, 0.2) is 23.1 Å². The van der Waals surface area contributed by atoms with E-state index in [0.29, 0.717) is 11.4 Å². The molecule has 1 unspecified atom stereocenters. The van der Waals surface area contributed by atoms with Crippen LogP contribution in [0.2, 0.25) is 0 Å². The third-order valence-corrected chi connectivity index (χ3v) is 4.77. The van der Waals surface area contributed by atoms with Crippen LogP contribution >= 0.6 is 0 Å². The van der Waals surface area contributed by atoms with Crippen LogP contribution in [0.3, 0.4) is 0 Å². The number of nitrogens with zero attached hydrogens (tertiary/aromatic N) is 1. The molecular formula is C15H26N2O2S. The predicted molar refractivity (Wildman–Crippen MR) is 83.5 cm³/mol. The summed E-state index contributed by atoms with van der Waals surface area (Å²) in [5, 5.41) is 0. The molecule has 4 nitrogen and oxygen atoms in total. The molecule has 1 N–H and O–H groups in total. The van der Waals surface area contributed by atoms with Gasteiger partial charge in [0.25, 0.3) is 0 Å². The predicted octanol–water partition coefficient (Wildman–Crippen LogP) is 2.31. The van der Waals surface area contributed by atoms with Crippen molar-refractivity contribution in [1.29, 1.82) is 0 Å². The third-order valence-electron chi connectivity index (χ3n) is 3.37. The van der Waals surface area contributed by atoms with Crippen LogP contribution in [-0.4, -0.2) is 40.0 Å². The summed E-state index contributed by atoms with van der Waals surface area (Å²) in [6.45, 7) is 6.36. The number of benzene rings is 1. The molecule has 0 aromatic heterocycles. The Hall–Kier alpha value is -0.910. The molecule has 0 spiro atoms. The zero-order chi connectivity index (χ0) is 15.3. The van der Waals surface area contributed by atoms with Crippen molar-refractivity contribution in [2.45, 2.75) is 44.6 Å². The molecule has 5 heteroatoms. The molecule has 1 rings (SSSR count). The van der Waals surface area contributed by atoms with Gasteiger partial charge in [0, 0.05) is 12.6 Å². The van der Waals surface area contributed by atoms with Crippen LogP contribution in [0.4, 0.5) is 0 Å². The van der Waals surface area contributed by atoms with Crippen molar-refractivity contribution in [1.82, 2.24) is 9.62 Å². The van der Waals surface area contributed by atoms with E-state index in [9.17, 15) is 8.42 Å². The highest BCUT2D eigenvalue weighted by Gasteiger charge is 2.18. The summed E-state index contributed by atoms with van der Waals surface area (Å²) in [5.74, 6) is 0. The summed E-state index contributed by atoms with van der Waals surface area (Å²) in [6.07, 6.45) is 2.01. The first kappa shape index (κ1) is 17.1. The smallest absolute Gasteiger partial charge is 0.240 e. The monoisotopic (exact) mass is 298 g/mol. The first-order chi connectivity index (χ1) is 9.26. The Labute approximate surface area is 123 Å². The van der Waals surface area contributed by atoms with E-state index in [1.165, 1.54) is 0 Å². The van der Waals surface area contributed by atoms with Gasteiger partial charge in [-0.15, -0.1) is 0 Å². The van der Waals surface area contributed by atoms with E-state index in [-0.39, 0.29) is 6.04 Å². The topological polar surface area (TPSA) is 49.4 Å². The van der Waals surface area contributed by atoms with Crippen molar-refractivity contribution in [3.63, 3.8) is 0 Å². The number of rotatable bonds is 7. The van der Waals surface area contributed by atoms with Crippen LogP contribution in [0.5, 0.6) is 0 Å². The molecule has 0 bridgehead atoms. The van der Waals surface area contributed by atoms with Gasteiger partial charge in [-0.3, -0.25) is 0 Å². The molecule has 0 amide bonds. The average Bonchev–Trinajstić information content (AvgIpc) is 2.32. The standard InChI is InChI=1S/C15H26N2O2S/c1-6-7-14(17(4)5)11-16-20(18,19)15-9-12(2)8-13(3)10-15/h8-10,14,16H,6-7,11H2,1-5H3. The van der Waals surface area contributed by atoms with E-state index in [0.717, 1.165) is 24.0 Å². The van der Waals surface area contributed by atoms with Crippen molar-refractivity contribution in [3.8, 4) is 0 Å². The lowest BCUT2D eigenvalue weighted by molar-refractivity contribution is 0.277. The molecule has 0 aliphatic carbocycles. The van der Waals surface area contributed by atoms with Gasteiger partial charge in [-0.2, -0.15) is 0 Å². The number of hydrogen-bond acceptors (Lipinski definition) is 3. The van der Waals surface area contributed by atoms with Gasteiger partial charge in [-0.1, -0.05) is 19.4 Å². The SMILES string of the molecule is CCCC(CNS(=O)(=O)c1cc(C)cc(C)c1)N(C)C. The fraction of sp³-hybridized carbons (Fsp3) is 0.600. The molecule has 0 radical (unpaired) electrons. The Morgan fingerprint density at radius 2 is 1.70 bits per heavy atom. The maximum atomic E-state index is 12.3. The van der Waals surface area contributed by atoms with Crippen LogP contribution in [0, 0.1) is 13.8 Å². The molecule has 0 aliphatic heterocycles. The lowest BCUT2D eigenvalue weighted by Crippen LogP contribution is -2.40. The van der Waals surface area contributed by atoms with Crippen molar-refractivity contribution in [2.24, 2.45) is 0 Å². The highest BCUT2D eigenvalue weighted by molar-refractivity contribution is 7.89. The van der Waals surface area contributed by atoms with Gasteiger partial charge in [0.2, 0.25) is 10.0 Å². The van der Waals surface area contributed by atoms with Crippen molar-refractivity contribution >= 4 is 10.0 Å². The second-order valence-corrected chi connectivity index (χ2v) is 7.35. The van der Waals surface area contributed by atoms with Crippen molar-refractivity contribution in [2.75, 3.05) is 20.6 Å². The summed E-state index contributed by atoms with van der Waals surface area (Å²) in [6, 6.07) is 5.61. The summed E-state index contributed by atoms with van der Waals surface area (Å²) in [5.41, 5.74) is 1.92. The van der Waals surface area contributed by atoms with E-state index < -0.39 is 10.0 Å². The van der Waals surface area contributed by atoms with E-state index in [1.54, 1.807) is 12.1 Å². The lowest BCUT2D eigenvalue weighted by atomic mass is 10.1. The molecule has 114 valence electrons. The van der Waals surface area contributed by atoms with Gasteiger partial charge in [0.15, 0.2) is 0 Å². The Morgan fingerprint density at radius 3 is 2.15 bits per heavy atom. The van der Waals surface area contributed by atoms with Crippen molar-refractivity contribution < 1.29 is 8.42 Å². The average molecular weight is 298 g/mol. The molecule has 20 heavy (non-hydrogen) atoms. The zero-order valence-corrected chi connectivity index (χ0v) is 13.9. The second-order valence-electron chi connectivity index (χ2n) is 5.58. The Bertz CT molecular complexity index is 519. The van der Waals surface area contributed by atoms with Gasteiger partial charge >= 0.3 is 0 Å². The fourth-order valence-corrected chi connectivity index (χ4v) is 3.51. The van der Waals surface area contributed by atoms with E-state index in [2.05, 4.69) is 16.5 Å². The van der Waals surface area contributed by atoms with Crippen LogP contribution in [-0.2, 0) is 10.0 Å². The first-order valence-electron chi connectivity index (χ1n) is 7.00. The van der Waals surface area contributed by atoms with Gasteiger partial charge in [-0.05, 0) is 57.6 Å². The molecule has 0 saturated heterocycles. The maximum absolute atomic E-state index is 12.3. The molecular weight excluding hydrogens is 272 g/mol. The van der Waals surface area contributed by atoms with Crippen LogP contribution in [0.1, 0.15) is 30.9 Å². The third kappa shape index (κ3) is 4.89. The minimum absolute atomic E-state index is 0.223. The summed E-state index contributed by atoms with van der Waals surface area (Å²) in [4.78, 5) is 2.41. The highest BCUT2D eigenvalue weighted by atomic mass is 32.2. The van der Waals surface area contributed by atoms with Crippen molar-refractivity contribution in [3.05, 3.63) is 29.3 Å². The summed E-state index contributed by atoms with van der Waals surface area (Å²) < 4.78 is 27.4. The van der Waals surface area contributed by atoms with E-state index in [4.69, 9.17) is 0 Å². The molecule has 1 atom stereocenters. The quantitative estimate of drug-likeness (QED) is 0.840. The van der Waals surface area contributed by atoms with Gasteiger partial charge in [0.05, 0.1) is 4.90 Å². The second kappa shape index (κ2) is 7.20. The van der Waals surface area contributed by atoms with Crippen LogP contribution in [0.25, 0.3) is 0 Å². The summed E-state index contributed by atoms with van der Waals surface area (Å²) in [7, 11) is 0.526. The molecule has 0 heterocycles. The molecule has 0 aliphatic rings. The number of hydrogen-bond donors (Lipinski definition) is 1. The fourth-order valence-electron chi connectivity index (χ4n) is 2.25. The molecule has 1 aromatic carbocycles. The Balaban J connectivity index is 2.84. The number of sulfonamides is 1. The highest BCUT2D eigenvalue weighted by Crippen LogP contribution is 2.14. The Morgan fingerprint density at radius 1 is 1.15 bits per heavy atom. The van der Waals surface area contributed by atoms with E-state index >= 15 is 0 Å². The van der Waals surface area contributed by atoms with Gasteiger partial charge in [-0.25, -0.2) is 13.1 Å². The molecule has 0 fully saturated rings. The Kier molecular flexibility index (Phi) is 6.17. The van der Waals surface area contributed by atoms with E-state index in [1.807, 2.05) is 34.0 Å². The zero-order valence-electron chi connectivity index (χ0n) is 13.1. The van der Waals surface area contributed by atoms with Crippen LogP contribution < -0.4 is 4.72 Å². The molecule has 0 saturated carbocycles. The minimum Gasteiger partial charge on any atom is -0.305 e. The number of nitrogens with one attached hydrogen (secondary N) is 1. The molecule has 1 aromatic rings. The number of aryl methyl sites for hydroxylation is 2. The van der Waals surface area contributed by atoms with Gasteiger partial charge in [0.1, 0.15) is 0 Å². The normalized spacial score (nSPS) is 13.7.